The Bertz CT molecular complexity index is 942. The zero-order chi connectivity index (χ0) is 19.6. The first-order valence-corrected chi connectivity index (χ1v) is 10.4. The van der Waals surface area contributed by atoms with Crippen molar-refractivity contribution in [3.05, 3.63) is 59.4 Å². The number of anilines is 1. The van der Waals surface area contributed by atoms with Crippen molar-refractivity contribution in [3.63, 3.8) is 0 Å². The predicted molar refractivity (Wildman–Crippen MR) is 102 cm³/mol. The number of hydrogen-bond acceptors (Lipinski definition) is 3. The molecular weight excluding hydrogens is 367 g/mol. The monoisotopic (exact) mass is 390 g/mol. The van der Waals surface area contributed by atoms with Gasteiger partial charge in [-0.25, -0.2) is 12.8 Å². The van der Waals surface area contributed by atoms with Gasteiger partial charge in [0.15, 0.2) is 0 Å². The molecule has 0 aromatic heterocycles. The van der Waals surface area contributed by atoms with E-state index in [-0.39, 0.29) is 17.3 Å². The van der Waals surface area contributed by atoms with Crippen molar-refractivity contribution >= 4 is 21.6 Å². The molecule has 0 saturated carbocycles. The fraction of sp³-hybridized carbons (Fsp3) is 0.350. The van der Waals surface area contributed by atoms with Gasteiger partial charge < -0.3 is 5.32 Å². The Labute approximate surface area is 159 Å². The Morgan fingerprint density at radius 3 is 2.52 bits per heavy atom. The summed E-state index contributed by atoms with van der Waals surface area (Å²) < 4.78 is 40.0. The Morgan fingerprint density at radius 1 is 1.15 bits per heavy atom. The Hall–Kier alpha value is -2.25. The first-order valence-electron chi connectivity index (χ1n) is 8.91. The second-order valence-corrected chi connectivity index (χ2v) is 8.90. The summed E-state index contributed by atoms with van der Waals surface area (Å²) in [6, 6.07) is 10.5. The highest BCUT2D eigenvalue weighted by Crippen LogP contribution is 2.25. The first-order chi connectivity index (χ1) is 12.8. The first kappa shape index (κ1) is 19.5. The molecule has 1 saturated heterocycles. The number of halogens is 1. The van der Waals surface area contributed by atoms with Crippen molar-refractivity contribution in [1.29, 1.82) is 0 Å². The molecule has 1 atom stereocenters. The van der Waals surface area contributed by atoms with Crippen LogP contribution in [0.4, 0.5) is 10.1 Å². The molecule has 1 amide bonds. The molecule has 1 aliphatic heterocycles. The van der Waals surface area contributed by atoms with E-state index in [1.54, 1.807) is 0 Å². The van der Waals surface area contributed by atoms with Crippen molar-refractivity contribution in [2.45, 2.75) is 31.6 Å². The van der Waals surface area contributed by atoms with Gasteiger partial charge in [-0.1, -0.05) is 17.7 Å². The molecule has 2 aromatic rings. The number of hydrogen-bond donors (Lipinski definition) is 1. The number of nitrogens with one attached hydrogen (secondary N) is 1. The largest absolute Gasteiger partial charge is 0.326 e. The summed E-state index contributed by atoms with van der Waals surface area (Å²) in [4.78, 5) is 12.7. The second kappa shape index (κ2) is 7.78. The van der Waals surface area contributed by atoms with Crippen LogP contribution in [-0.4, -0.2) is 31.7 Å². The van der Waals surface area contributed by atoms with Gasteiger partial charge in [-0.05, 0) is 62.6 Å². The van der Waals surface area contributed by atoms with Gasteiger partial charge in [0.1, 0.15) is 5.82 Å². The van der Waals surface area contributed by atoms with E-state index in [1.165, 1.54) is 16.4 Å². The molecule has 27 heavy (non-hydrogen) atoms. The van der Waals surface area contributed by atoms with E-state index in [9.17, 15) is 17.6 Å². The quantitative estimate of drug-likeness (QED) is 0.869. The molecule has 1 aliphatic rings. The molecule has 0 aliphatic carbocycles. The normalized spacial score (nSPS) is 18.3. The number of carbonyl (C=O) groups is 1. The topological polar surface area (TPSA) is 66.5 Å². The van der Waals surface area contributed by atoms with Gasteiger partial charge in [0.2, 0.25) is 15.9 Å². The van der Waals surface area contributed by atoms with Crippen molar-refractivity contribution in [2.75, 3.05) is 18.4 Å². The highest BCUT2D eigenvalue weighted by atomic mass is 32.2. The molecule has 1 heterocycles. The number of carbonyl (C=O) groups excluding carboxylic acids is 1. The summed E-state index contributed by atoms with van der Waals surface area (Å²) >= 11 is 0. The molecule has 144 valence electrons. The number of piperidine rings is 1. The minimum atomic E-state index is -3.75. The van der Waals surface area contributed by atoms with Crippen LogP contribution < -0.4 is 5.32 Å². The lowest BCUT2D eigenvalue weighted by Gasteiger charge is -2.31. The maximum atomic E-state index is 13.1. The minimum absolute atomic E-state index is 0.0411. The van der Waals surface area contributed by atoms with Crippen molar-refractivity contribution in [1.82, 2.24) is 4.31 Å². The zero-order valence-corrected chi connectivity index (χ0v) is 16.2. The fourth-order valence-electron chi connectivity index (χ4n) is 3.32. The van der Waals surface area contributed by atoms with E-state index in [0.717, 1.165) is 28.9 Å². The number of aryl methyl sites for hydroxylation is 2. The molecule has 7 heteroatoms. The molecule has 0 unspecified atom stereocenters. The van der Waals surface area contributed by atoms with Crippen LogP contribution >= 0.6 is 0 Å². The summed E-state index contributed by atoms with van der Waals surface area (Å²) in [5.74, 6) is -1.09. The van der Waals surface area contributed by atoms with E-state index in [2.05, 4.69) is 5.32 Å². The smallest absolute Gasteiger partial charge is 0.243 e. The number of nitrogens with zero attached hydrogens (tertiary/aromatic N) is 1. The van der Waals surface area contributed by atoms with Gasteiger partial charge >= 0.3 is 0 Å². The third-order valence-corrected chi connectivity index (χ3v) is 6.73. The summed E-state index contributed by atoms with van der Waals surface area (Å²) in [5, 5.41) is 2.92. The molecule has 1 fully saturated rings. The zero-order valence-electron chi connectivity index (χ0n) is 15.4. The van der Waals surface area contributed by atoms with Crippen LogP contribution in [0.5, 0.6) is 0 Å². The SMILES string of the molecule is Cc1ccc(NC(=O)[C@@H]2CCCN(S(=O)(=O)c3ccc(F)cc3)C2)c(C)c1. The number of amides is 1. The fourth-order valence-corrected chi connectivity index (χ4v) is 4.84. The maximum absolute atomic E-state index is 13.1. The third-order valence-electron chi connectivity index (χ3n) is 4.85. The van der Waals surface area contributed by atoms with E-state index < -0.39 is 21.8 Å². The van der Waals surface area contributed by atoms with Gasteiger partial charge in [0.05, 0.1) is 10.8 Å². The van der Waals surface area contributed by atoms with Crippen LogP contribution in [0.1, 0.15) is 24.0 Å². The Kier molecular flexibility index (Phi) is 5.62. The van der Waals surface area contributed by atoms with Crippen LogP contribution in [0.25, 0.3) is 0 Å². The van der Waals surface area contributed by atoms with Gasteiger partial charge in [-0.2, -0.15) is 4.31 Å². The molecule has 0 bridgehead atoms. The average molecular weight is 390 g/mol. The van der Waals surface area contributed by atoms with Crippen LogP contribution in [0.2, 0.25) is 0 Å². The molecule has 0 radical (unpaired) electrons. The van der Waals surface area contributed by atoms with Crippen molar-refractivity contribution in [2.24, 2.45) is 5.92 Å². The second-order valence-electron chi connectivity index (χ2n) is 6.96. The highest BCUT2D eigenvalue weighted by Gasteiger charge is 2.33. The molecule has 2 aromatic carbocycles. The van der Waals surface area contributed by atoms with Crippen molar-refractivity contribution < 1.29 is 17.6 Å². The summed E-state index contributed by atoms with van der Waals surface area (Å²) in [7, 11) is -3.75. The minimum Gasteiger partial charge on any atom is -0.326 e. The van der Waals surface area contributed by atoms with Crippen LogP contribution in [0.15, 0.2) is 47.4 Å². The summed E-state index contributed by atoms with van der Waals surface area (Å²) in [6.07, 6.45) is 1.23. The summed E-state index contributed by atoms with van der Waals surface area (Å²) in [5.41, 5.74) is 2.82. The van der Waals surface area contributed by atoms with E-state index >= 15 is 0 Å². The molecule has 1 N–H and O–H groups in total. The average Bonchev–Trinajstić information content (AvgIpc) is 2.64. The van der Waals surface area contributed by atoms with Crippen LogP contribution in [0, 0.1) is 25.6 Å². The molecule has 3 rings (SSSR count). The van der Waals surface area contributed by atoms with Crippen LogP contribution in [0.3, 0.4) is 0 Å². The van der Waals surface area contributed by atoms with E-state index in [4.69, 9.17) is 0 Å². The standard InChI is InChI=1S/C20H23FN2O3S/c1-14-5-10-19(15(2)12-14)22-20(24)16-4-3-11-23(13-16)27(25,26)18-8-6-17(21)7-9-18/h5-10,12,16H,3-4,11,13H2,1-2H3,(H,22,24)/t16-/m1/s1. The van der Waals surface area contributed by atoms with E-state index in [0.29, 0.717) is 19.4 Å². The van der Waals surface area contributed by atoms with E-state index in [1.807, 2.05) is 32.0 Å². The predicted octanol–water partition coefficient (Wildman–Crippen LogP) is 3.48. The van der Waals surface area contributed by atoms with Gasteiger partial charge in [0.25, 0.3) is 0 Å². The molecular formula is C20H23FN2O3S. The van der Waals surface area contributed by atoms with Crippen LogP contribution in [-0.2, 0) is 14.8 Å². The molecule has 0 spiro atoms. The lowest BCUT2D eigenvalue weighted by atomic mass is 9.98. The Morgan fingerprint density at radius 2 is 1.85 bits per heavy atom. The number of rotatable bonds is 4. The number of benzene rings is 2. The summed E-state index contributed by atoms with van der Waals surface area (Å²) in [6.45, 7) is 4.39. The lowest BCUT2D eigenvalue weighted by molar-refractivity contribution is -0.120. The van der Waals surface area contributed by atoms with Gasteiger partial charge in [0, 0.05) is 18.8 Å². The van der Waals surface area contributed by atoms with Gasteiger partial charge in [-0.3, -0.25) is 4.79 Å². The van der Waals surface area contributed by atoms with Crippen molar-refractivity contribution in [3.8, 4) is 0 Å². The Balaban J connectivity index is 1.73. The lowest BCUT2D eigenvalue weighted by Crippen LogP contribution is -2.43. The van der Waals surface area contributed by atoms with Gasteiger partial charge in [-0.15, -0.1) is 0 Å². The number of sulfonamides is 1. The third kappa shape index (κ3) is 4.36. The maximum Gasteiger partial charge on any atom is 0.243 e. The highest BCUT2D eigenvalue weighted by molar-refractivity contribution is 7.89. The molecule has 5 nitrogen and oxygen atoms in total.